The molecule has 0 saturated carbocycles. The second-order valence-electron chi connectivity index (χ2n) is 5.98. The van der Waals surface area contributed by atoms with Crippen LogP contribution in [0.1, 0.15) is 33.1 Å². The van der Waals surface area contributed by atoms with E-state index in [9.17, 15) is 0 Å². The third kappa shape index (κ3) is 4.04. The third-order valence-electron chi connectivity index (χ3n) is 4.15. The zero-order chi connectivity index (χ0) is 12.2. The van der Waals surface area contributed by atoms with E-state index in [0.29, 0.717) is 0 Å². The minimum Gasteiger partial charge on any atom is -0.330 e. The lowest BCUT2D eigenvalue weighted by Crippen LogP contribution is -2.43. The van der Waals surface area contributed by atoms with Crippen molar-refractivity contribution in [2.75, 3.05) is 40.3 Å². The van der Waals surface area contributed by atoms with Crippen LogP contribution >= 0.6 is 0 Å². The summed E-state index contributed by atoms with van der Waals surface area (Å²) in [5.74, 6) is 0.904. The lowest BCUT2D eigenvalue weighted by atomic mass is 9.97. The quantitative estimate of drug-likeness (QED) is 0.744. The lowest BCUT2D eigenvalue weighted by molar-refractivity contribution is 0.139. The molecule has 1 unspecified atom stereocenters. The highest BCUT2D eigenvalue weighted by molar-refractivity contribution is 4.81. The predicted octanol–water partition coefficient (Wildman–Crippen LogP) is 1.39. The van der Waals surface area contributed by atoms with Gasteiger partial charge < -0.3 is 15.5 Å². The van der Waals surface area contributed by atoms with E-state index in [2.05, 4.69) is 37.7 Å². The number of likely N-dealkylation sites (tertiary alicyclic amines) is 1. The molecule has 0 aromatic heterocycles. The van der Waals surface area contributed by atoms with Crippen molar-refractivity contribution in [1.82, 2.24) is 9.80 Å². The lowest BCUT2D eigenvalue weighted by Gasteiger charge is -2.36. The van der Waals surface area contributed by atoms with Gasteiger partial charge in [0.2, 0.25) is 0 Å². The highest BCUT2D eigenvalue weighted by Crippen LogP contribution is 2.21. The fourth-order valence-electron chi connectivity index (χ4n) is 2.48. The molecule has 16 heavy (non-hydrogen) atoms. The van der Waals surface area contributed by atoms with Crippen molar-refractivity contribution in [2.24, 2.45) is 11.7 Å². The van der Waals surface area contributed by atoms with E-state index in [4.69, 9.17) is 5.73 Å². The summed E-state index contributed by atoms with van der Waals surface area (Å²) in [5, 5.41) is 0. The molecule has 3 nitrogen and oxygen atoms in total. The first kappa shape index (κ1) is 13.9. The van der Waals surface area contributed by atoms with Crippen LogP contribution in [0, 0.1) is 5.92 Å². The second-order valence-corrected chi connectivity index (χ2v) is 5.98. The molecular formula is C13H29N3. The van der Waals surface area contributed by atoms with Crippen LogP contribution in [0.4, 0.5) is 0 Å². The summed E-state index contributed by atoms with van der Waals surface area (Å²) in [6, 6.07) is 0. The fraction of sp³-hybridized carbons (Fsp3) is 1.00. The first-order chi connectivity index (χ1) is 7.45. The van der Waals surface area contributed by atoms with Crippen LogP contribution in [-0.2, 0) is 0 Å². The minimum absolute atomic E-state index is 0.249. The molecule has 0 aromatic carbocycles. The zero-order valence-corrected chi connectivity index (χ0v) is 11.5. The molecule has 1 saturated heterocycles. The molecule has 1 rings (SSSR count). The molecule has 0 amide bonds. The summed E-state index contributed by atoms with van der Waals surface area (Å²) >= 11 is 0. The molecule has 1 aliphatic rings. The molecule has 0 radical (unpaired) electrons. The van der Waals surface area contributed by atoms with Gasteiger partial charge in [0.25, 0.3) is 0 Å². The summed E-state index contributed by atoms with van der Waals surface area (Å²) < 4.78 is 0. The normalized spacial score (nSPS) is 23.2. The van der Waals surface area contributed by atoms with Gasteiger partial charge in [0.05, 0.1) is 0 Å². The van der Waals surface area contributed by atoms with E-state index in [0.717, 1.165) is 18.9 Å². The van der Waals surface area contributed by atoms with E-state index in [1.165, 1.54) is 32.5 Å². The summed E-state index contributed by atoms with van der Waals surface area (Å²) in [4.78, 5) is 4.91. The zero-order valence-electron chi connectivity index (χ0n) is 11.5. The molecular weight excluding hydrogens is 198 g/mol. The van der Waals surface area contributed by atoms with Crippen LogP contribution in [0.2, 0.25) is 0 Å². The average molecular weight is 227 g/mol. The highest BCUT2D eigenvalue weighted by Gasteiger charge is 2.24. The number of nitrogens with zero attached hydrogens (tertiary/aromatic N) is 2. The Morgan fingerprint density at radius 1 is 1.44 bits per heavy atom. The van der Waals surface area contributed by atoms with Gasteiger partial charge in [-0.15, -0.1) is 0 Å². The van der Waals surface area contributed by atoms with Crippen LogP contribution in [-0.4, -0.2) is 55.6 Å². The maximum atomic E-state index is 5.66. The molecule has 1 atom stereocenters. The van der Waals surface area contributed by atoms with Crippen molar-refractivity contribution >= 4 is 0 Å². The maximum absolute atomic E-state index is 5.66. The van der Waals surface area contributed by atoms with E-state index in [1.807, 2.05) is 0 Å². The Morgan fingerprint density at radius 2 is 2.12 bits per heavy atom. The number of hydrogen-bond acceptors (Lipinski definition) is 3. The molecule has 1 aliphatic heterocycles. The number of hydrogen-bond donors (Lipinski definition) is 1. The van der Waals surface area contributed by atoms with Gasteiger partial charge >= 0.3 is 0 Å². The van der Waals surface area contributed by atoms with Crippen LogP contribution in [0.15, 0.2) is 0 Å². The topological polar surface area (TPSA) is 32.5 Å². The molecule has 0 aromatic rings. The second kappa shape index (κ2) is 5.99. The predicted molar refractivity (Wildman–Crippen MR) is 70.6 cm³/mol. The van der Waals surface area contributed by atoms with Crippen molar-refractivity contribution in [3.8, 4) is 0 Å². The van der Waals surface area contributed by atoms with Gasteiger partial charge in [0.1, 0.15) is 0 Å². The Kier molecular flexibility index (Phi) is 5.22. The summed E-state index contributed by atoms with van der Waals surface area (Å²) in [7, 11) is 4.45. The van der Waals surface area contributed by atoms with E-state index < -0.39 is 0 Å². The van der Waals surface area contributed by atoms with Crippen LogP contribution < -0.4 is 5.73 Å². The Labute approximate surface area is 101 Å². The van der Waals surface area contributed by atoms with Crippen LogP contribution in [0.5, 0.6) is 0 Å². The van der Waals surface area contributed by atoms with E-state index >= 15 is 0 Å². The van der Waals surface area contributed by atoms with Crippen molar-refractivity contribution in [1.29, 1.82) is 0 Å². The summed E-state index contributed by atoms with van der Waals surface area (Å²) in [6.45, 7) is 9.13. The maximum Gasteiger partial charge on any atom is 0.0162 e. The Bertz CT molecular complexity index is 203. The largest absolute Gasteiger partial charge is 0.330 e. The summed E-state index contributed by atoms with van der Waals surface area (Å²) in [6.07, 6.45) is 3.78. The SMILES string of the molecule is CN1CCC(CCN(C)C(C)(C)CCN)C1. The molecule has 0 aliphatic carbocycles. The average Bonchev–Trinajstić information content (AvgIpc) is 2.60. The molecule has 96 valence electrons. The van der Waals surface area contributed by atoms with Crippen LogP contribution in [0.3, 0.4) is 0 Å². The summed E-state index contributed by atoms with van der Waals surface area (Å²) in [5.41, 5.74) is 5.90. The number of rotatable bonds is 6. The Hall–Kier alpha value is -0.120. The van der Waals surface area contributed by atoms with E-state index in [-0.39, 0.29) is 5.54 Å². The van der Waals surface area contributed by atoms with Gasteiger partial charge in [-0.1, -0.05) is 0 Å². The van der Waals surface area contributed by atoms with Gasteiger partial charge in [0.15, 0.2) is 0 Å². The van der Waals surface area contributed by atoms with Crippen molar-refractivity contribution in [3.63, 3.8) is 0 Å². The van der Waals surface area contributed by atoms with Gasteiger partial charge in [-0.25, -0.2) is 0 Å². The van der Waals surface area contributed by atoms with E-state index in [1.54, 1.807) is 0 Å². The Morgan fingerprint density at radius 3 is 2.62 bits per heavy atom. The molecule has 0 spiro atoms. The van der Waals surface area contributed by atoms with Gasteiger partial charge in [0, 0.05) is 12.1 Å². The molecule has 3 heteroatoms. The highest BCUT2D eigenvalue weighted by atomic mass is 15.2. The monoisotopic (exact) mass is 227 g/mol. The van der Waals surface area contributed by atoms with Crippen molar-refractivity contribution in [2.45, 2.75) is 38.6 Å². The molecule has 0 bridgehead atoms. The first-order valence-electron chi connectivity index (χ1n) is 6.55. The molecule has 1 heterocycles. The smallest absolute Gasteiger partial charge is 0.0162 e. The van der Waals surface area contributed by atoms with Crippen molar-refractivity contribution in [3.05, 3.63) is 0 Å². The standard InChI is InChI=1S/C13H29N3/c1-13(2,7-8-14)16(4)10-6-12-5-9-15(3)11-12/h12H,5-11,14H2,1-4H3. The van der Waals surface area contributed by atoms with Gasteiger partial charge in [-0.05, 0) is 72.8 Å². The van der Waals surface area contributed by atoms with Crippen molar-refractivity contribution < 1.29 is 0 Å². The van der Waals surface area contributed by atoms with Gasteiger partial charge in [-0.2, -0.15) is 0 Å². The van der Waals surface area contributed by atoms with Gasteiger partial charge in [-0.3, -0.25) is 0 Å². The molecule has 1 fully saturated rings. The Balaban J connectivity index is 2.26. The number of nitrogens with two attached hydrogens (primary N) is 1. The fourth-order valence-corrected chi connectivity index (χ4v) is 2.48. The minimum atomic E-state index is 0.249. The third-order valence-corrected chi connectivity index (χ3v) is 4.15. The van der Waals surface area contributed by atoms with Crippen LogP contribution in [0.25, 0.3) is 0 Å². The molecule has 2 N–H and O–H groups in total. The first-order valence-corrected chi connectivity index (χ1v) is 6.55.